The molecule has 1 rings (SSSR count). The van der Waals surface area contributed by atoms with Crippen LogP contribution in [0.2, 0.25) is 0 Å². The first kappa shape index (κ1) is 7.80. The maximum Gasteiger partial charge on any atom is 0.265 e. The summed E-state index contributed by atoms with van der Waals surface area (Å²) in [4.78, 5) is 0. The summed E-state index contributed by atoms with van der Waals surface area (Å²) in [6, 6.07) is 1.62. The van der Waals surface area contributed by atoms with E-state index in [0.717, 1.165) is 0 Å². The molecule has 1 atom stereocenters. The van der Waals surface area contributed by atoms with Gasteiger partial charge in [0.05, 0.1) is 6.07 Å². The Morgan fingerprint density at radius 1 is 1.60 bits per heavy atom. The maximum atomic E-state index is 12.6. The van der Waals surface area contributed by atoms with E-state index in [4.69, 9.17) is 5.26 Å². The van der Waals surface area contributed by atoms with E-state index in [1.807, 2.05) is 0 Å². The molecule has 1 heterocycles. The molecule has 10 heavy (non-hydrogen) atoms. The molecule has 1 nitrogen and oxygen atoms in total. The Morgan fingerprint density at radius 2 is 2.30 bits per heavy atom. The summed E-state index contributed by atoms with van der Waals surface area (Å²) in [6.07, 6.45) is -0.143. The van der Waals surface area contributed by atoms with Crippen LogP contribution in [0.25, 0.3) is 0 Å². The van der Waals surface area contributed by atoms with E-state index < -0.39 is 11.8 Å². The third-order valence-corrected chi connectivity index (χ3v) is 2.59. The molecule has 0 spiro atoms. The zero-order valence-electron chi connectivity index (χ0n) is 5.31. The normalized spacial score (nSPS) is 31.1. The Bertz CT molecular complexity index is 164. The molecule has 0 amide bonds. The van der Waals surface area contributed by atoms with Gasteiger partial charge in [-0.2, -0.15) is 17.0 Å². The van der Waals surface area contributed by atoms with E-state index in [1.54, 1.807) is 6.07 Å². The van der Waals surface area contributed by atoms with Gasteiger partial charge >= 0.3 is 0 Å². The summed E-state index contributed by atoms with van der Waals surface area (Å²) in [5.41, 5.74) is 0. The second-order valence-electron chi connectivity index (χ2n) is 2.27. The molecule has 1 aliphatic heterocycles. The Morgan fingerprint density at radius 3 is 2.70 bits per heavy atom. The highest BCUT2D eigenvalue weighted by atomic mass is 32.2. The summed E-state index contributed by atoms with van der Waals surface area (Å²) >= 11 is 1.43. The molecular weight excluding hydrogens is 156 g/mol. The molecule has 0 aliphatic carbocycles. The van der Waals surface area contributed by atoms with Crippen LogP contribution >= 0.6 is 11.8 Å². The lowest BCUT2D eigenvalue weighted by Crippen LogP contribution is -2.33. The zero-order valence-corrected chi connectivity index (χ0v) is 6.13. The number of hydrogen-bond acceptors (Lipinski definition) is 2. The number of nitriles is 1. The van der Waals surface area contributed by atoms with Crippen LogP contribution in [0.1, 0.15) is 6.42 Å². The van der Waals surface area contributed by atoms with E-state index in [2.05, 4.69) is 0 Å². The highest BCUT2D eigenvalue weighted by molar-refractivity contribution is 7.99. The molecule has 0 saturated carbocycles. The van der Waals surface area contributed by atoms with Crippen molar-refractivity contribution in [1.29, 1.82) is 5.26 Å². The molecular formula is C6H7F2NS. The van der Waals surface area contributed by atoms with Gasteiger partial charge in [-0.3, -0.25) is 0 Å². The quantitative estimate of drug-likeness (QED) is 0.544. The fourth-order valence-electron chi connectivity index (χ4n) is 0.837. The number of halogens is 2. The molecule has 0 aromatic rings. The van der Waals surface area contributed by atoms with Crippen molar-refractivity contribution in [3.05, 3.63) is 0 Å². The van der Waals surface area contributed by atoms with E-state index in [1.165, 1.54) is 11.8 Å². The van der Waals surface area contributed by atoms with Gasteiger partial charge in [-0.1, -0.05) is 0 Å². The van der Waals surface area contributed by atoms with E-state index >= 15 is 0 Å². The van der Waals surface area contributed by atoms with Crippen LogP contribution in [0.4, 0.5) is 8.78 Å². The summed E-state index contributed by atoms with van der Waals surface area (Å²) in [6.45, 7) is 0. The first-order chi connectivity index (χ1) is 4.67. The van der Waals surface area contributed by atoms with Crippen molar-refractivity contribution < 1.29 is 8.78 Å². The third-order valence-electron chi connectivity index (χ3n) is 1.53. The molecule has 1 aliphatic rings. The van der Waals surface area contributed by atoms with E-state index in [0.29, 0.717) is 5.75 Å². The molecule has 1 saturated heterocycles. The van der Waals surface area contributed by atoms with E-state index in [9.17, 15) is 8.78 Å². The highest BCUT2D eigenvalue weighted by Crippen LogP contribution is 2.36. The molecule has 1 unspecified atom stereocenters. The van der Waals surface area contributed by atoms with Crippen LogP contribution in [-0.2, 0) is 0 Å². The zero-order chi connectivity index (χ0) is 7.61. The van der Waals surface area contributed by atoms with Gasteiger partial charge in [0.15, 0.2) is 0 Å². The van der Waals surface area contributed by atoms with Gasteiger partial charge in [-0.05, 0) is 5.75 Å². The molecule has 4 heteroatoms. The monoisotopic (exact) mass is 163 g/mol. The number of alkyl halides is 2. The lowest BCUT2D eigenvalue weighted by molar-refractivity contribution is -0.0350. The Hall–Kier alpha value is -0.300. The molecule has 0 radical (unpaired) electrons. The van der Waals surface area contributed by atoms with Crippen LogP contribution < -0.4 is 0 Å². The summed E-state index contributed by atoms with van der Waals surface area (Å²) in [5.74, 6) is -3.04. The van der Waals surface area contributed by atoms with Crippen molar-refractivity contribution in [3.8, 4) is 6.07 Å². The predicted molar refractivity (Wildman–Crippen MR) is 36.0 cm³/mol. The van der Waals surface area contributed by atoms with Crippen molar-refractivity contribution in [2.45, 2.75) is 12.3 Å². The second-order valence-corrected chi connectivity index (χ2v) is 3.42. The van der Waals surface area contributed by atoms with Crippen molar-refractivity contribution in [2.24, 2.45) is 5.92 Å². The van der Waals surface area contributed by atoms with Crippen LogP contribution in [0.3, 0.4) is 0 Å². The number of thioether (sulfide) groups is 1. The molecule has 0 aromatic carbocycles. The molecule has 0 bridgehead atoms. The highest BCUT2D eigenvalue weighted by Gasteiger charge is 2.41. The lowest BCUT2D eigenvalue weighted by Gasteiger charge is -2.25. The Kier molecular flexibility index (Phi) is 2.14. The maximum absolute atomic E-state index is 12.6. The van der Waals surface area contributed by atoms with Gasteiger partial charge in [0, 0.05) is 12.2 Å². The summed E-state index contributed by atoms with van der Waals surface area (Å²) in [7, 11) is 0. The molecule has 56 valence electrons. The summed E-state index contributed by atoms with van der Waals surface area (Å²) < 4.78 is 25.3. The average molecular weight is 163 g/mol. The standard InChI is InChI=1S/C6H7F2NS/c7-6(8)1-2-10-4-5(6)3-9/h5H,1-2,4H2. The van der Waals surface area contributed by atoms with E-state index in [-0.39, 0.29) is 12.2 Å². The van der Waals surface area contributed by atoms with Gasteiger partial charge in [0.25, 0.3) is 5.92 Å². The van der Waals surface area contributed by atoms with Gasteiger partial charge in [0.1, 0.15) is 5.92 Å². The minimum absolute atomic E-state index is 0.143. The number of hydrogen-bond donors (Lipinski definition) is 0. The van der Waals surface area contributed by atoms with Crippen molar-refractivity contribution in [3.63, 3.8) is 0 Å². The van der Waals surface area contributed by atoms with Crippen LogP contribution in [0.5, 0.6) is 0 Å². The summed E-state index contributed by atoms with van der Waals surface area (Å²) in [5, 5.41) is 8.28. The fraction of sp³-hybridized carbons (Fsp3) is 0.833. The van der Waals surface area contributed by atoms with Crippen LogP contribution in [-0.4, -0.2) is 17.4 Å². The van der Waals surface area contributed by atoms with Gasteiger partial charge in [-0.15, -0.1) is 0 Å². The van der Waals surface area contributed by atoms with Crippen molar-refractivity contribution in [1.82, 2.24) is 0 Å². The fourth-order valence-corrected chi connectivity index (χ4v) is 1.97. The van der Waals surface area contributed by atoms with Crippen molar-refractivity contribution in [2.75, 3.05) is 11.5 Å². The minimum Gasteiger partial charge on any atom is -0.205 e. The predicted octanol–water partition coefficient (Wildman–Crippen LogP) is 1.90. The van der Waals surface area contributed by atoms with Gasteiger partial charge in [0.2, 0.25) is 0 Å². The van der Waals surface area contributed by atoms with Gasteiger partial charge in [-0.25, -0.2) is 8.78 Å². The SMILES string of the molecule is N#CC1CSCCC1(F)F. The number of rotatable bonds is 0. The molecule has 0 N–H and O–H groups in total. The topological polar surface area (TPSA) is 23.8 Å². The van der Waals surface area contributed by atoms with Crippen LogP contribution in [0.15, 0.2) is 0 Å². The Balaban J connectivity index is 2.62. The lowest BCUT2D eigenvalue weighted by atomic mass is 10.0. The largest absolute Gasteiger partial charge is 0.265 e. The molecule has 1 fully saturated rings. The number of nitrogens with zero attached hydrogens (tertiary/aromatic N) is 1. The first-order valence-electron chi connectivity index (χ1n) is 3.02. The van der Waals surface area contributed by atoms with Crippen molar-refractivity contribution >= 4 is 11.8 Å². The average Bonchev–Trinajstić information content (AvgIpc) is 1.87. The molecule has 0 aromatic heterocycles. The first-order valence-corrected chi connectivity index (χ1v) is 4.17. The minimum atomic E-state index is -2.74. The van der Waals surface area contributed by atoms with Crippen LogP contribution in [0, 0.1) is 17.2 Å². The smallest absolute Gasteiger partial charge is 0.205 e. The third kappa shape index (κ3) is 1.40. The second kappa shape index (κ2) is 2.75. The van der Waals surface area contributed by atoms with Gasteiger partial charge < -0.3 is 0 Å². The Labute approximate surface area is 62.4 Å².